The van der Waals surface area contributed by atoms with Crippen LogP contribution in [0.15, 0.2) is 18.2 Å². The van der Waals surface area contributed by atoms with Crippen molar-refractivity contribution in [2.45, 2.75) is 26.8 Å². The number of benzene rings is 1. The van der Waals surface area contributed by atoms with Gasteiger partial charge in [-0.05, 0) is 44.0 Å². The lowest BCUT2D eigenvalue weighted by atomic mass is 10.1. The van der Waals surface area contributed by atoms with Gasteiger partial charge in [0, 0.05) is 5.69 Å². The van der Waals surface area contributed by atoms with Gasteiger partial charge >= 0.3 is 0 Å². The largest absolute Gasteiger partial charge is 0.325 e. The van der Waals surface area contributed by atoms with Gasteiger partial charge in [-0.1, -0.05) is 6.07 Å². The summed E-state index contributed by atoms with van der Waals surface area (Å²) in [6.07, 6.45) is 0. The van der Waals surface area contributed by atoms with Gasteiger partial charge in [-0.2, -0.15) is 0 Å². The van der Waals surface area contributed by atoms with Crippen LogP contribution in [0, 0.1) is 13.8 Å². The summed E-state index contributed by atoms with van der Waals surface area (Å²) in [5, 5.41) is 2.75. The van der Waals surface area contributed by atoms with E-state index in [1.807, 2.05) is 32.0 Å². The Kier molecular flexibility index (Phi) is 3.25. The van der Waals surface area contributed by atoms with Gasteiger partial charge in [0.05, 0.1) is 6.04 Å². The molecule has 0 aliphatic rings. The van der Waals surface area contributed by atoms with Crippen LogP contribution in [-0.2, 0) is 4.79 Å². The van der Waals surface area contributed by atoms with Crippen LogP contribution in [0.4, 0.5) is 5.69 Å². The van der Waals surface area contributed by atoms with Gasteiger partial charge in [0.1, 0.15) is 0 Å². The highest BCUT2D eigenvalue weighted by atomic mass is 16.2. The zero-order valence-electron chi connectivity index (χ0n) is 8.79. The highest BCUT2D eigenvalue weighted by Crippen LogP contribution is 2.13. The number of amides is 1. The van der Waals surface area contributed by atoms with Gasteiger partial charge in [-0.3, -0.25) is 4.79 Å². The predicted octanol–water partition coefficient (Wildman–Crippen LogP) is 1.59. The van der Waals surface area contributed by atoms with E-state index in [-0.39, 0.29) is 5.91 Å². The van der Waals surface area contributed by atoms with E-state index in [0.717, 1.165) is 11.3 Å². The molecule has 3 heteroatoms. The number of carbonyl (C=O) groups is 1. The molecule has 0 fully saturated rings. The maximum atomic E-state index is 11.3. The van der Waals surface area contributed by atoms with Gasteiger partial charge in [-0.25, -0.2) is 0 Å². The van der Waals surface area contributed by atoms with Gasteiger partial charge in [-0.15, -0.1) is 0 Å². The van der Waals surface area contributed by atoms with Crippen LogP contribution >= 0.6 is 0 Å². The fraction of sp³-hybridized carbons (Fsp3) is 0.364. The molecule has 0 spiro atoms. The van der Waals surface area contributed by atoms with E-state index in [4.69, 9.17) is 5.73 Å². The Morgan fingerprint density at radius 3 is 2.50 bits per heavy atom. The molecule has 0 heterocycles. The molecule has 1 rings (SSSR count). The fourth-order valence-electron chi connectivity index (χ4n) is 1.08. The Balaban J connectivity index is 2.78. The first-order chi connectivity index (χ1) is 6.50. The number of rotatable bonds is 2. The maximum absolute atomic E-state index is 11.3. The van der Waals surface area contributed by atoms with E-state index in [9.17, 15) is 4.79 Å². The maximum Gasteiger partial charge on any atom is 0.240 e. The average Bonchev–Trinajstić information content (AvgIpc) is 2.11. The summed E-state index contributed by atoms with van der Waals surface area (Å²) in [6.45, 7) is 5.71. The van der Waals surface area contributed by atoms with Crippen molar-refractivity contribution in [1.29, 1.82) is 0 Å². The predicted molar refractivity (Wildman–Crippen MR) is 58.2 cm³/mol. The molecule has 0 aliphatic heterocycles. The zero-order valence-corrected chi connectivity index (χ0v) is 8.79. The molecular formula is C11H16N2O. The third-order valence-electron chi connectivity index (χ3n) is 2.19. The molecule has 1 atom stereocenters. The minimum Gasteiger partial charge on any atom is -0.325 e. The summed E-state index contributed by atoms with van der Waals surface area (Å²) in [7, 11) is 0. The van der Waals surface area contributed by atoms with Crippen LogP contribution in [0.5, 0.6) is 0 Å². The lowest BCUT2D eigenvalue weighted by molar-refractivity contribution is -0.117. The summed E-state index contributed by atoms with van der Waals surface area (Å²) in [5.74, 6) is -0.159. The molecule has 0 saturated heterocycles. The molecule has 76 valence electrons. The third kappa shape index (κ3) is 2.57. The van der Waals surface area contributed by atoms with Gasteiger partial charge < -0.3 is 11.1 Å². The van der Waals surface area contributed by atoms with Crippen molar-refractivity contribution in [3.05, 3.63) is 29.3 Å². The van der Waals surface area contributed by atoms with Crippen molar-refractivity contribution in [3.63, 3.8) is 0 Å². The SMILES string of the molecule is Cc1ccc(NC(=O)[C@H](C)N)cc1C. The smallest absolute Gasteiger partial charge is 0.240 e. The monoisotopic (exact) mass is 192 g/mol. The lowest BCUT2D eigenvalue weighted by Crippen LogP contribution is -2.32. The van der Waals surface area contributed by atoms with Crippen molar-refractivity contribution in [3.8, 4) is 0 Å². The molecule has 3 nitrogen and oxygen atoms in total. The standard InChI is InChI=1S/C11H16N2O/c1-7-4-5-10(6-8(7)2)13-11(14)9(3)12/h4-6,9H,12H2,1-3H3,(H,13,14)/t9-/m0/s1. The van der Waals surface area contributed by atoms with E-state index in [1.165, 1.54) is 5.56 Å². The quantitative estimate of drug-likeness (QED) is 0.747. The first-order valence-corrected chi connectivity index (χ1v) is 4.64. The summed E-state index contributed by atoms with van der Waals surface area (Å²) < 4.78 is 0. The minimum absolute atomic E-state index is 0.159. The number of nitrogens with one attached hydrogen (secondary N) is 1. The summed E-state index contributed by atoms with van der Waals surface area (Å²) in [6, 6.07) is 5.32. The van der Waals surface area contributed by atoms with Crippen LogP contribution in [0.3, 0.4) is 0 Å². The highest BCUT2D eigenvalue weighted by Gasteiger charge is 2.07. The van der Waals surface area contributed by atoms with E-state index >= 15 is 0 Å². The second-order valence-corrected chi connectivity index (χ2v) is 3.58. The van der Waals surface area contributed by atoms with Crippen LogP contribution < -0.4 is 11.1 Å². The third-order valence-corrected chi connectivity index (χ3v) is 2.19. The second kappa shape index (κ2) is 4.24. The fourth-order valence-corrected chi connectivity index (χ4v) is 1.08. The van der Waals surface area contributed by atoms with Crippen molar-refractivity contribution in [2.24, 2.45) is 5.73 Å². The Hall–Kier alpha value is -1.35. The number of carbonyl (C=O) groups excluding carboxylic acids is 1. The van der Waals surface area contributed by atoms with Crippen molar-refractivity contribution in [2.75, 3.05) is 5.32 Å². The van der Waals surface area contributed by atoms with Crippen molar-refractivity contribution < 1.29 is 4.79 Å². The first kappa shape index (κ1) is 10.7. The molecule has 0 radical (unpaired) electrons. The molecular weight excluding hydrogens is 176 g/mol. The second-order valence-electron chi connectivity index (χ2n) is 3.58. The van der Waals surface area contributed by atoms with E-state index < -0.39 is 6.04 Å². The molecule has 1 aromatic rings. The highest BCUT2D eigenvalue weighted by molar-refractivity contribution is 5.94. The molecule has 0 aromatic heterocycles. The minimum atomic E-state index is -0.475. The van der Waals surface area contributed by atoms with Gasteiger partial charge in [0.2, 0.25) is 5.91 Å². The summed E-state index contributed by atoms with van der Waals surface area (Å²) >= 11 is 0. The Morgan fingerprint density at radius 2 is 2.00 bits per heavy atom. The van der Waals surface area contributed by atoms with Crippen LogP contribution in [0.1, 0.15) is 18.1 Å². The Morgan fingerprint density at radius 1 is 1.36 bits per heavy atom. The molecule has 1 amide bonds. The number of aryl methyl sites for hydroxylation is 2. The van der Waals surface area contributed by atoms with E-state index in [1.54, 1.807) is 6.92 Å². The lowest BCUT2D eigenvalue weighted by Gasteiger charge is -2.09. The molecule has 0 saturated carbocycles. The topological polar surface area (TPSA) is 55.1 Å². The van der Waals surface area contributed by atoms with Gasteiger partial charge in [0.15, 0.2) is 0 Å². The van der Waals surface area contributed by atoms with Crippen LogP contribution in [-0.4, -0.2) is 11.9 Å². The van der Waals surface area contributed by atoms with Crippen molar-refractivity contribution >= 4 is 11.6 Å². The van der Waals surface area contributed by atoms with Crippen LogP contribution in [0.25, 0.3) is 0 Å². The van der Waals surface area contributed by atoms with Crippen molar-refractivity contribution in [1.82, 2.24) is 0 Å². The summed E-state index contributed by atoms with van der Waals surface area (Å²) in [5.41, 5.74) is 8.61. The molecule has 0 unspecified atom stereocenters. The molecule has 14 heavy (non-hydrogen) atoms. The first-order valence-electron chi connectivity index (χ1n) is 4.64. The summed E-state index contributed by atoms with van der Waals surface area (Å²) in [4.78, 5) is 11.3. The zero-order chi connectivity index (χ0) is 10.7. The molecule has 1 aromatic carbocycles. The molecule has 3 N–H and O–H groups in total. The molecule has 0 bridgehead atoms. The number of anilines is 1. The number of hydrogen-bond acceptors (Lipinski definition) is 2. The number of nitrogens with two attached hydrogens (primary N) is 1. The Labute approximate surface area is 84.3 Å². The normalized spacial score (nSPS) is 12.3. The van der Waals surface area contributed by atoms with E-state index in [2.05, 4.69) is 5.32 Å². The average molecular weight is 192 g/mol. The van der Waals surface area contributed by atoms with E-state index in [0.29, 0.717) is 0 Å². The van der Waals surface area contributed by atoms with Crippen LogP contribution in [0.2, 0.25) is 0 Å². The Bertz CT molecular complexity index is 345. The number of hydrogen-bond donors (Lipinski definition) is 2. The van der Waals surface area contributed by atoms with Gasteiger partial charge in [0.25, 0.3) is 0 Å². The molecule has 0 aliphatic carbocycles.